The summed E-state index contributed by atoms with van der Waals surface area (Å²) in [5.74, 6) is -2.19. The Balaban J connectivity index is 1.90. The number of esters is 2. The van der Waals surface area contributed by atoms with Gasteiger partial charge in [0, 0.05) is 12.6 Å². The maximum Gasteiger partial charge on any atom is 0.358 e. The Kier molecular flexibility index (Phi) is 6.71. The number of aliphatic hydroxyl groups excluding tert-OH is 1. The van der Waals surface area contributed by atoms with E-state index < -0.39 is 36.2 Å². The van der Waals surface area contributed by atoms with Crippen molar-refractivity contribution in [2.75, 3.05) is 13.8 Å². The predicted molar refractivity (Wildman–Crippen MR) is 121 cm³/mol. The molecule has 1 amide bonds. The molecule has 2 N–H and O–H groups in total. The Morgan fingerprint density at radius 1 is 1.31 bits per heavy atom. The molecule has 32 heavy (non-hydrogen) atoms. The van der Waals surface area contributed by atoms with Gasteiger partial charge in [-0.15, -0.1) is 0 Å². The highest BCUT2D eigenvalue weighted by atomic mass is 32.1. The SMILES string of the molecule is CNC(=S)c1cccc(C2=C(C(=O)OCOC(=O)C(C)(C)C)N3C(=O)C([C@@H](C)O)C3C2)c1. The van der Waals surface area contributed by atoms with Gasteiger partial charge in [0.15, 0.2) is 0 Å². The predicted octanol–water partition coefficient (Wildman–Crippen LogP) is 1.99. The highest BCUT2D eigenvalue weighted by molar-refractivity contribution is 7.80. The first-order chi connectivity index (χ1) is 15.0. The third kappa shape index (κ3) is 4.40. The van der Waals surface area contributed by atoms with E-state index >= 15 is 0 Å². The molecule has 9 heteroatoms. The summed E-state index contributed by atoms with van der Waals surface area (Å²) < 4.78 is 10.2. The Morgan fingerprint density at radius 2 is 2.00 bits per heavy atom. The molecule has 2 heterocycles. The van der Waals surface area contributed by atoms with Crippen LogP contribution in [0.2, 0.25) is 0 Å². The molecule has 0 aromatic heterocycles. The first kappa shape index (κ1) is 23.9. The lowest BCUT2D eigenvalue weighted by Gasteiger charge is -2.44. The van der Waals surface area contributed by atoms with Crippen molar-refractivity contribution in [3.8, 4) is 0 Å². The Bertz CT molecular complexity index is 994. The summed E-state index contributed by atoms with van der Waals surface area (Å²) in [6.45, 7) is 6.08. The Morgan fingerprint density at radius 3 is 2.59 bits per heavy atom. The molecule has 0 saturated carbocycles. The molecule has 3 atom stereocenters. The number of carbonyl (C=O) groups is 3. The fourth-order valence-corrected chi connectivity index (χ4v) is 4.06. The Labute approximate surface area is 192 Å². The molecule has 3 rings (SSSR count). The molecule has 1 saturated heterocycles. The molecular weight excluding hydrogens is 432 g/mol. The van der Waals surface area contributed by atoms with Crippen molar-refractivity contribution in [2.45, 2.75) is 46.3 Å². The number of ether oxygens (including phenoxy) is 2. The van der Waals surface area contributed by atoms with Crippen molar-refractivity contribution in [3.05, 3.63) is 41.1 Å². The van der Waals surface area contributed by atoms with E-state index in [1.54, 1.807) is 34.7 Å². The smallest absolute Gasteiger partial charge is 0.358 e. The van der Waals surface area contributed by atoms with Gasteiger partial charge < -0.3 is 24.8 Å². The zero-order valence-electron chi connectivity index (χ0n) is 18.8. The van der Waals surface area contributed by atoms with Gasteiger partial charge in [-0.1, -0.05) is 30.4 Å². The molecule has 0 radical (unpaired) electrons. The topological polar surface area (TPSA) is 105 Å². The minimum atomic E-state index is -0.837. The fraction of sp³-hybridized carbons (Fsp3) is 0.478. The van der Waals surface area contributed by atoms with Crippen molar-refractivity contribution >= 4 is 40.6 Å². The van der Waals surface area contributed by atoms with Gasteiger partial charge >= 0.3 is 11.9 Å². The van der Waals surface area contributed by atoms with E-state index in [1.807, 2.05) is 24.3 Å². The van der Waals surface area contributed by atoms with Crippen molar-refractivity contribution in [1.82, 2.24) is 10.2 Å². The van der Waals surface area contributed by atoms with E-state index in [2.05, 4.69) is 5.32 Å². The lowest BCUT2D eigenvalue weighted by Crippen LogP contribution is -2.61. The lowest BCUT2D eigenvalue weighted by atomic mass is 9.82. The van der Waals surface area contributed by atoms with Gasteiger partial charge in [-0.25, -0.2) is 4.79 Å². The van der Waals surface area contributed by atoms with Crippen LogP contribution in [0.25, 0.3) is 5.57 Å². The van der Waals surface area contributed by atoms with Crippen LogP contribution in [0.3, 0.4) is 0 Å². The largest absolute Gasteiger partial charge is 0.427 e. The van der Waals surface area contributed by atoms with Crippen LogP contribution in [0.1, 0.15) is 45.2 Å². The molecule has 0 spiro atoms. The van der Waals surface area contributed by atoms with Crippen LogP contribution >= 0.6 is 12.2 Å². The second-order valence-corrected chi connectivity index (χ2v) is 9.37. The van der Waals surface area contributed by atoms with Crippen molar-refractivity contribution in [2.24, 2.45) is 11.3 Å². The summed E-state index contributed by atoms with van der Waals surface area (Å²) in [4.78, 5) is 39.6. The number of β-lactam (4-membered cyclic amide) rings is 1. The number of nitrogens with one attached hydrogen (secondary N) is 1. The van der Waals surface area contributed by atoms with E-state index in [-0.39, 0.29) is 17.6 Å². The lowest BCUT2D eigenvalue weighted by molar-refractivity contribution is -0.175. The average Bonchev–Trinajstić information content (AvgIpc) is 3.07. The van der Waals surface area contributed by atoms with Gasteiger partial charge in [-0.3, -0.25) is 9.59 Å². The number of aliphatic hydroxyl groups is 1. The first-order valence-electron chi connectivity index (χ1n) is 10.4. The van der Waals surface area contributed by atoms with E-state index in [9.17, 15) is 19.5 Å². The molecule has 2 aliphatic rings. The maximum atomic E-state index is 13.0. The number of nitrogens with zero attached hydrogens (tertiary/aromatic N) is 1. The van der Waals surface area contributed by atoms with E-state index in [1.165, 1.54) is 4.90 Å². The van der Waals surface area contributed by atoms with Crippen molar-refractivity contribution < 1.29 is 29.0 Å². The molecular formula is C23H28N2O6S. The second kappa shape index (κ2) is 8.99. The highest BCUT2D eigenvalue weighted by Crippen LogP contribution is 2.47. The van der Waals surface area contributed by atoms with Crippen molar-refractivity contribution in [1.29, 1.82) is 0 Å². The monoisotopic (exact) mass is 460 g/mol. The minimum Gasteiger partial charge on any atom is -0.427 e. The quantitative estimate of drug-likeness (QED) is 0.287. The fourth-order valence-electron chi connectivity index (χ4n) is 3.93. The maximum absolute atomic E-state index is 13.0. The van der Waals surface area contributed by atoms with E-state index in [0.29, 0.717) is 17.0 Å². The molecule has 172 valence electrons. The number of hydrogen-bond donors (Lipinski definition) is 2. The second-order valence-electron chi connectivity index (χ2n) is 8.96. The molecule has 1 fully saturated rings. The summed E-state index contributed by atoms with van der Waals surface area (Å²) in [5.41, 5.74) is 1.49. The number of amides is 1. The number of benzene rings is 1. The van der Waals surface area contributed by atoms with Gasteiger partial charge in [0.2, 0.25) is 12.7 Å². The number of hydrogen-bond acceptors (Lipinski definition) is 7. The van der Waals surface area contributed by atoms with Crippen LogP contribution in [0.15, 0.2) is 30.0 Å². The number of carbonyl (C=O) groups excluding carboxylic acids is 3. The van der Waals surface area contributed by atoms with Gasteiger partial charge in [0.25, 0.3) is 0 Å². The minimum absolute atomic E-state index is 0.108. The van der Waals surface area contributed by atoms with Crippen LogP contribution in [-0.2, 0) is 23.9 Å². The molecule has 1 aromatic rings. The van der Waals surface area contributed by atoms with Gasteiger partial charge in [0.1, 0.15) is 10.7 Å². The van der Waals surface area contributed by atoms with Crippen LogP contribution in [0, 0.1) is 11.3 Å². The number of thiocarbonyl (C=S) groups is 1. The molecule has 8 nitrogen and oxygen atoms in total. The molecule has 0 bridgehead atoms. The van der Waals surface area contributed by atoms with Gasteiger partial charge in [0.05, 0.1) is 23.5 Å². The first-order valence-corrected chi connectivity index (χ1v) is 10.8. The molecule has 2 unspecified atom stereocenters. The summed E-state index contributed by atoms with van der Waals surface area (Å²) in [5, 5.41) is 13.0. The zero-order chi connectivity index (χ0) is 23.8. The summed E-state index contributed by atoms with van der Waals surface area (Å²) >= 11 is 5.31. The van der Waals surface area contributed by atoms with Gasteiger partial charge in [-0.05, 0) is 51.3 Å². The normalized spacial score (nSPS) is 20.9. The van der Waals surface area contributed by atoms with Gasteiger partial charge in [-0.2, -0.15) is 0 Å². The third-order valence-corrected chi connectivity index (χ3v) is 6.05. The van der Waals surface area contributed by atoms with Crippen LogP contribution in [0.4, 0.5) is 0 Å². The summed E-state index contributed by atoms with van der Waals surface area (Å²) in [7, 11) is 1.73. The standard InChI is InChI=1S/C23H28N2O6S/c1-12(26)17-16-10-15(13-7-6-8-14(9-13)19(32)24-5)18(25(16)20(17)27)21(28)30-11-31-22(29)23(2,3)4/h6-9,12,16-17,26H,10-11H2,1-5H3,(H,24,32)/t12-,16?,17?/m1/s1. The molecule has 0 aliphatic carbocycles. The van der Waals surface area contributed by atoms with Crippen LogP contribution in [-0.4, -0.2) is 58.8 Å². The average molecular weight is 461 g/mol. The molecule has 1 aromatic carbocycles. The zero-order valence-corrected chi connectivity index (χ0v) is 19.6. The third-order valence-electron chi connectivity index (χ3n) is 5.61. The van der Waals surface area contributed by atoms with Crippen LogP contribution < -0.4 is 5.32 Å². The van der Waals surface area contributed by atoms with E-state index in [0.717, 1.165) is 11.1 Å². The Hall–Kier alpha value is -2.78. The summed E-state index contributed by atoms with van der Waals surface area (Å²) in [6.07, 6.45) is -0.445. The van der Waals surface area contributed by atoms with E-state index in [4.69, 9.17) is 21.7 Å². The number of fused-ring (bicyclic) bond motifs is 1. The highest BCUT2D eigenvalue weighted by Gasteiger charge is 2.57. The summed E-state index contributed by atoms with van der Waals surface area (Å²) in [6, 6.07) is 7.00. The molecule has 2 aliphatic heterocycles. The van der Waals surface area contributed by atoms with Crippen molar-refractivity contribution in [3.63, 3.8) is 0 Å². The van der Waals surface area contributed by atoms with Crippen LogP contribution in [0.5, 0.6) is 0 Å². The number of rotatable bonds is 6.